The van der Waals surface area contributed by atoms with Crippen LogP contribution in [0.4, 0.5) is 5.13 Å². The summed E-state index contributed by atoms with van der Waals surface area (Å²) in [6.07, 6.45) is 4.22. The molecule has 23 heavy (non-hydrogen) atoms. The molecule has 2 aliphatic rings. The van der Waals surface area contributed by atoms with Gasteiger partial charge in [0.05, 0.1) is 0 Å². The normalized spacial score (nSPS) is 27.8. The molecule has 2 fully saturated rings. The van der Waals surface area contributed by atoms with Crippen molar-refractivity contribution in [2.24, 2.45) is 17.8 Å². The fourth-order valence-electron chi connectivity index (χ4n) is 3.94. The highest BCUT2D eigenvalue weighted by Gasteiger charge is 2.41. The average molecular weight is 402 g/mol. The number of halogens is 1. The lowest BCUT2D eigenvalue weighted by Gasteiger charge is -2.47. The van der Waals surface area contributed by atoms with E-state index in [4.69, 9.17) is 4.74 Å². The first-order valence-corrected chi connectivity index (χ1v) is 9.88. The number of hydrogen-bond acceptors (Lipinski definition) is 6. The van der Waals surface area contributed by atoms with Gasteiger partial charge in [0.25, 0.3) is 0 Å². The fraction of sp³-hybridized carbons (Fsp3) is 0.812. The standard InChI is InChI=1S/C16H24BrN3O2S/c1-16(2,3)22-13(21)7-12-10-5-4-6-11(12)9-20(8-10)15-19-18-14(17)23-15/h10-12H,4-9H2,1-3H3. The van der Waals surface area contributed by atoms with Gasteiger partial charge in [0.2, 0.25) is 5.13 Å². The van der Waals surface area contributed by atoms with Crippen molar-refractivity contribution in [2.45, 2.75) is 52.1 Å². The zero-order valence-corrected chi connectivity index (χ0v) is 16.3. The monoisotopic (exact) mass is 401 g/mol. The third-order valence-electron chi connectivity index (χ3n) is 4.75. The number of rotatable bonds is 3. The lowest BCUT2D eigenvalue weighted by molar-refractivity contribution is -0.157. The molecule has 7 heteroatoms. The Labute approximate surface area is 149 Å². The molecule has 1 saturated heterocycles. The van der Waals surface area contributed by atoms with Gasteiger partial charge in [-0.25, -0.2) is 0 Å². The van der Waals surface area contributed by atoms with E-state index in [0.29, 0.717) is 24.2 Å². The smallest absolute Gasteiger partial charge is 0.306 e. The second-order valence-electron chi connectivity index (χ2n) is 7.65. The van der Waals surface area contributed by atoms with Crippen LogP contribution >= 0.6 is 27.3 Å². The summed E-state index contributed by atoms with van der Waals surface area (Å²) in [6.45, 7) is 7.75. The number of carbonyl (C=O) groups is 1. The van der Waals surface area contributed by atoms with E-state index in [1.807, 2.05) is 20.8 Å². The number of esters is 1. The zero-order valence-electron chi connectivity index (χ0n) is 13.9. The minimum Gasteiger partial charge on any atom is -0.460 e. The van der Waals surface area contributed by atoms with Crippen molar-refractivity contribution in [1.29, 1.82) is 0 Å². The Morgan fingerprint density at radius 1 is 1.30 bits per heavy atom. The molecule has 1 aromatic rings. The minimum absolute atomic E-state index is 0.0495. The highest BCUT2D eigenvalue weighted by Crippen LogP contribution is 2.43. The van der Waals surface area contributed by atoms with Crippen molar-refractivity contribution in [1.82, 2.24) is 10.2 Å². The number of nitrogens with zero attached hydrogens (tertiary/aromatic N) is 3. The first-order valence-electron chi connectivity index (χ1n) is 8.27. The molecule has 2 atom stereocenters. The molecule has 1 aliphatic carbocycles. The predicted octanol–water partition coefficient (Wildman–Crippen LogP) is 3.88. The molecule has 1 saturated carbocycles. The van der Waals surface area contributed by atoms with Gasteiger partial charge in [-0.2, -0.15) is 0 Å². The van der Waals surface area contributed by atoms with E-state index in [-0.39, 0.29) is 5.97 Å². The number of anilines is 1. The summed E-state index contributed by atoms with van der Waals surface area (Å²) in [4.78, 5) is 14.6. The summed E-state index contributed by atoms with van der Waals surface area (Å²) in [7, 11) is 0. The summed E-state index contributed by atoms with van der Waals surface area (Å²) >= 11 is 4.97. The van der Waals surface area contributed by atoms with Gasteiger partial charge in [-0.3, -0.25) is 4.79 Å². The van der Waals surface area contributed by atoms with Crippen LogP contribution < -0.4 is 4.90 Å². The van der Waals surface area contributed by atoms with Crippen molar-refractivity contribution < 1.29 is 9.53 Å². The lowest BCUT2D eigenvalue weighted by Crippen LogP contribution is -2.49. The third kappa shape index (κ3) is 4.24. The number of hydrogen-bond donors (Lipinski definition) is 0. The van der Waals surface area contributed by atoms with Crippen molar-refractivity contribution in [2.75, 3.05) is 18.0 Å². The topological polar surface area (TPSA) is 55.3 Å². The highest BCUT2D eigenvalue weighted by molar-refractivity contribution is 9.11. The van der Waals surface area contributed by atoms with Crippen LogP contribution in [0.3, 0.4) is 0 Å². The molecule has 0 spiro atoms. The molecular formula is C16H24BrN3O2S. The van der Waals surface area contributed by atoms with Gasteiger partial charge in [0, 0.05) is 19.5 Å². The van der Waals surface area contributed by atoms with E-state index in [2.05, 4.69) is 31.0 Å². The molecule has 0 N–H and O–H groups in total. The van der Waals surface area contributed by atoms with Crippen LogP contribution in [-0.4, -0.2) is 34.9 Å². The number of piperidine rings is 1. The molecule has 0 aromatic carbocycles. The lowest BCUT2D eigenvalue weighted by atomic mass is 9.68. The van der Waals surface area contributed by atoms with Crippen LogP contribution in [0, 0.1) is 17.8 Å². The maximum Gasteiger partial charge on any atom is 0.306 e. The highest BCUT2D eigenvalue weighted by atomic mass is 79.9. The van der Waals surface area contributed by atoms with Crippen LogP contribution in [0.1, 0.15) is 46.5 Å². The van der Waals surface area contributed by atoms with Crippen molar-refractivity contribution in [3.63, 3.8) is 0 Å². The Morgan fingerprint density at radius 3 is 2.48 bits per heavy atom. The molecule has 2 bridgehead atoms. The van der Waals surface area contributed by atoms with E-state index in [9.17, 15) is 4.79 Å². The third-order valence-corrected chi connectivity index (χ3v) is 6.17. The summed E-state index contributed by atoms with van der Waals surface area (Å²) < 4.78 is 6.37. The van der Waals surface area contributed by atoms with Gasteiger partial charge in [-0.15, -0.1) is 10.2 Å². The van der Waals surface area contributed by atoms with E-state index >= 15 is 0 Å². The predicted molar refractivity (Wildman–Crippen MR) is 94.6 cm³/mol. The summed E-state index contributed by atoms with van der Waals surface area (Å²) in [5.41, 5.74) is -0.397. The SMILES string of the molecule is CC(C)(C)OC(=O)CC1C2CCCC1CN(c1nnc(Br)s1)C2. The molecule has 5 nitrogen and oxygen atoms in total. The van der Waals surface area contributed by atoms with E-state index in [1.54, 1.807) is 11.3 Å². The van der Waals surface area contributed by atoms with Crippen LogP contribution in [0.15, 0.2) is 3.92 Å². The number of ether oxygens (including phenoxy) is 1. The Morgan fingerprint density at radius 2 is 1.96 bits per heavy atom. The second-order valence-corrected chi connectivity index (χ2v) is 9.88. The molecule has 1 aromatic heterocycles. The van der Waals surface area contributed by atoms with Crippen LogP contribution in [0.25, 0.3) is 0 Å². The summed E-state index contributed by atoms with van der Waals surface area (Å²) in [6, 6.07) is 0. The number of fused-ring (bicyclic) bond motifs is 2. The van der Waals surface area contributed by atoms with Crippen molar-refractivity contribution in [3.05, 3.63) is 3.92 Å². The second kappa shape index (κ2) is 6.67. The van der Waals surface area contributed by atoms with Gasteiger partial charge in [0.15, 0.2) is 3.92 Å². The van der Waals surface area contributed by atoms with E-state index < -0.39 is 5.60 Å². The molecule has 128 valence electrons. The quantitative estimate of drug-likeness (QED) is 0.719. The molecule has 2 heterocycles. The maximum atomic E-state index is 12.3. The van der Waals surface area contributed by atoms with E-state index in [0.717, 1.165) is 22.1 Å². The number of carbonyl (C=O) groups excluding carboxylic acids is 1. The molecule has 0 radical (unpaired) electrons. The molecule has 3 rings (SSSR count). The first-order chi connectivity index (χ1) is 10.8. The largest absolute Gasteiger partial charge is 0.460 e. The average Bonchev–Trinajstić information content (AvgIpc) is 2.82. The van der Waals surface area contributed by atoms with Crippen molar-refractivity contribution in [3.8, 4) is 0 Å². The Bertz CT molecular complexity index is 558. The Hall–Kier alpha value is -0.690. The summed E-state index contributed by atoms with van der Waals surface area (Å²) in [5.74, 6) is 1.51. The maximum absolute atomic E-state index is 12.3. The molecule has 0 amide bonds. The summed E-state index contributed by atoms with van der Waals surface area (Å²) in [5, 5.41) is 9.31. The zero-order chi connectivity index (χ0) is 16.6. The van der Waals surface area contributed by atoms with Crippen LogP contribution in [-0.2, 0) is 9.53 Å². The van der Waals surface area contributed by atoms with Crippen molar-refractivity contribution >= 4 is 38.4 Å². The molecular weight excluding hydrogens is 378 g/mol. The molecule has 2 unspecified atom stereocenters. The first kappa shape index (κ1) is 17.1. The van der Waals surface area contributed by atoms with Gasteiger partial charge < -0.3 is 9.64 Å². The molecule has 1 aliphatic heterocycles. The number of aromatic nitrogens is 2. The van der Waals surface area contributed by atoms with E-state index in [1.165, 1.54) is 19.3 Å². The van der Waals surface area contributed by atoms with Gasteiger partial charge in [0.1, 0.15) is 5.60 Å². The van der Waals surface area contributed by atoms with Crippen LogP contribution in [0.5, 0.6) is 0 Å². The fourth-order valence-corrected chi connectivity index (χ4v) is 5.05. The van der Waals surface area contributed by atoms with Gasteiger partial charge in [-0.05, 0) is 67.3 Å². The Balaban J connectivity index is 1.66. The van der Waals surface area contributed by atoms with Crippen LogP contribution in [0.2, 0.25) is 0 Å². The van der Waals surface area contributed by atoms with Gasteiger partial charge in [-0.1, -0.05) is 17.8 Å². The Kier molecular flexibility index (Phi) is 4.97. The minimum atomic E-state index is -0.397. The van der Waals surface area contributed by atoms with Gasteiger partial charge >= 0.3 is 5.97 Å².